The molecule has 0 N–H and O–H groups in total. The first-order valence-corrected chi connectivity index (χ1v) is 8.59. The Bertz CT molecular complexity index is 566. The standard InChI is InChI=1S/C16H15Cl3S/c1-2-16(14-8-7-13(18)9-15(14)19)20-10-11-3-5-12(17)6-4-11/h3-9,16H,2,10H2,1H3. The molecule has 0 heterocycles. The molecule has 0 aliphatic heterocycles. The summed E-state index contributed by atoms with van der Waals surface area (Å²) in [5.74, 6) is 0.939. The van der Waals surface area contributed by atoms with E-state index < -0.39 is 0 Å². The van der Waals surface area contributed by atoms with Gasteiger partial charge in [0.15, 0.2) is 0 Å². The lowest BCUT2D eigenvalue weighted by Crippen LogP contribution is -1.95. The molecular weight excluding hydrogens is 331 g/mol. The van der Waals surface area contributed by atoms with Crippen LogP contribution in [0, 0.1) is 0 Å². The van der Waals surface area contributed by atoms with E-state index in [1.54, 1.807) is 0 Å². The van der Waals surface area contributed by atoms with Gasteiger partial charge in [0.05, 0.1) is 0 Å². The Kier molecular flexibility index (Phi) is 6.10. The van der Waals surface area contributed by atoms with E-state index in [0.29, 0.717) is 10.3 Å². The Hall–Kier alpha value is -0.340. The van der Waals surface area contributed by atoms with Crippen molar-refractivity contribution in [2.75, 3.05) is 0 Å². The maximum Gasteiger partial charge on any atom is 0.0464 e. The molecule has 20 heavy (non-hydrogen) atoms. The largest absolute Gasteiger partial charge is 0.149 e. The predicted molar refractivity (Wildman–Crippen MR) is 92.2 cm³/mol. The fourth-order valence-electron chi connectivity index (χ4n) is 1.97. The van der Waals surface area contributed by atoms with Crippen molar-refractivity contribution < 1.29 is 0 Å². The third kappa shape index (κ3) is 4.33. The van der Waals surface area contributed by atoms with Crippen LogP contribution in [0.5, 0.6) is 0 Å². The second-order valence-corrected chi connectivity index (χ2v) is 6.97. The first-order valence-electron chi connectivity index (χ1n) is 6.41. The van der Waals surface area contributed by atoms with E-state index in [-0.39, 0.29) is 0 Å². The van der Waals surface area contributed by atoms with Gasteiger partial charge in [-0.25, -0.2) is 0 Å². The summed E-state index contributed by atoms with van der Waals surface area (Å²) < 4.78 is 0. The fourth-order valence-corrected chi connectivity index (χ4v) is 3.91. The summed E-state index contributed by atoms with van der Waals surface area (Å²) in [5.41, 5.74) is 2.42. The van der Waals surface area contributed by atoms with Gasteiger partial charge in [0.2, 0.25) is 0 Å². The lowest BCUT2D eigenvalue weighted by molar-refractivity contribution is 0.894. The van der Waals surface area contributed by atoms with Gasteiger partial charge in [-0.1, -0.05) is 59.9 Å². The number of halogens is 3. The number of rotatable bonds is 5. The van der Waals surface area contributed by atoms with Gasteiger partial charge in [-0.15, -0.1) is 11.8 Å². The van der Waals surface area contributed by atoms with Crippen LogP contribution in [0.25, 0.3) is 0 Å². The SMILES string of the molecule is CCC(SCc1ccc(Cl)cc1)c1ccc(Cl)cc1Cl. The predicted octanol–water partition coefficient (Wildman–Crippen LogP) is 7.03. The molecule has 0 radical (unpaired) electrons. The topological polar surface area (TPSA) is 0 Å². The molecule has 0 aliphatic rings. The number of thioether (sulfide) groups is 1. The summed E-state index contributed by atoms with van der Waals surface area (Å²) in [6.07, 6.45) is 1.03. The van der Waals surface area contributed by atoms with E-state index in [0.717, 1.165) is 27.8 Å². The van der Waals surface area contributed by atoms with Crippen molar-refractivity contribution in [3.05, 3.63) is 68.7 Å². The summed E-state index contributed by atoms with van der Waals surface area (Å²) in [6.45, 7) is 2.17. The van der Waals surface area contributed by atoms with Gasteiger partial charge >= 0.3 is 0 Å². The summed E-state index contributed by atoms with van der Waals surface area (Å²) >= 11 is 20.0. The molecule has 0 spiro atoms. The fraction of sp³-hybridized carbons (Fsp3) is 0.250. The molecule has 0 saturated carbocycles. The minimum atomic E-state index is 0.371. The Morgan fingerprint density at radius 1 is 0.950 bits per heavy atom. The molecule has 106 valence electrons. The molecule has 2 rings (SSSR count). The zero-order valence-corrected chi connectivity index (χ0v) is 14.2. The average Bonchev–Trinajstić information content (AvgIpc) is 2.43. The third-order valence-corrected chi connectivity index (χ3v) is 5.35. The lowest BCUT2D eigenvalue weighted by Gasteiger charge is -2.17. The smallest absolute Gasteiger partial charge is 0.0464 e. The number of hydrogen-bond donors (Lipinski definition) is 0. The van der Waals surface area contributed by atoms with Gasteiger partial charge in [0, 0.05) is 26.1 Å². The molecule has 4 heteroatoms. The Labute approximate surface area is 139 Å². The van der Waals surface area contributed by atoms with E-state index in [9.17, 15) is 0 Å². The summed E-state index contributed by atoms with van der Waals surface area (Å²) in [4.78, 5) is 0. The maximum atomic E-state index is 6.29. The van der Waals surface area contributed by atoms with E-state index in [1.165, 1.54) is 5.56 Å². The highest BCUT2D eigenvalue weighted by Crippen LogP contribution is 2.38. The number of benzene rings is 2. The molecule has 1 atom stereocenters. The molecule has 0 fully saturated rings. The molecule has 0 aliphatic carbocycles. The van der Waals surface area contributed by atoms with Gasteiger partial charge in [-0.2, -0.15) is 0 Å². The summed E-state index contributed by atoms with van der Waals surface area (Å²) in [5, 5.41) is 2.56. The summed E-state index contributed by atoms with van der Waals surface area (Å²) in [6, 6.07) is 13.7. The zero-order valence-electron chi connectivity index (χ0n) is 11.1. The first kappa shape index (κ1) is 16.0. The second kappa shape index (κ2) is 7.61. The highest BCUT2D eigenvalue weighted by Gasteiger charge is 2.14. The van der Waals surface area contributed by atoms with Crippen molar-refractivity contribution in [1.29, 1.82) is 0 Å². The molecule has 0 aromatic heterocycles. The molecule has 0 amide bonds. The molecule has 1 unspecified atom stereocenters. The average molecular weight is 346 g/mol. The van der Waals surface area contributed by atoms with Gasteiger partial charge in [-0.3, -0.25) is 0 Å². The Balaban J connectivity index is 2.07. The van der Waals surface area contributed by atoms with E-state index in [4.69, 9.17) is 34.8 Å². The van der Waals surface area contributed by atoms with E-state index in [2.05, 4.69) is 19.1 Å². The van der Waals surface area contributed by atoms with Crippen molar-refractivity contribution in [2.45, 2.75) is 24.3 Å². The van der Waals surface area contributed by atoms with Crippen LogP contribution in [0.2, 0.25) is 15.1 Å². The molecule has 2 aromatic carbocycles. The van der Waals surface area contributed by atoms with Crippen LogP contribution in [0.3, 0.4) is 0 Å². The van der Waals surface area contributed by atoms with Crippen molar-refractivity contribution in [3.8, 4) is 0 Å². The van der Waals surface area contributed by atoms with Crippen LogP contribution in [-0.2, 0) is 5.75 Å². The van der Waals surface area contributed by atoms with Gasteiger partial charge < -0.3 is 0 Å². The highest BCUT2D eigenvalue weighted by molar-refractivity contribution is 7.98. The minimum absolute atomic E-state index is 0.371. The molecule has 0 saturated heterocycles. The van der Waals surface area contributed by atoms with Gasteiger partial charge in [0.25, 0.3) is 0 Å². The Morgan fingerprint density at radius 2 is 1.60 bits per heavy atom. The summed E-state index contributed by atoms with van der Waals surface area (Å²) in [7, 11) is 0. The van der Waals surface area contributed by atoms with Crippen LogP contribution >= 0.6 is 46.6 Å². The molecule has 0 nitrogen and oxygen atoms in total. The van der Waals surface area contributed by atoms with Crippen LogP contribution in [-0.4, -0.2) is 0 Å². The first-order chi connectivity index (χ1) is 9.60. The minimum Gasteiger partial charge on any atom is -0.149 e. The maximum absolute atomic E-state index is 6.29. The lowest BCUT2D eigenvalue weighted by atomic mass is 10.1. The normalized spacial score (nSPS) is 12.4. The van der Waals surface area contributed by atoms with Crippen LogP contribution in [0.1, 0.15) is 29.7 Å². The number of hydrogen-bond acceptors (Lipinski definition) is 1. The van der Waals surface area contributed by atoms with Crippen molar-refractivity contribution in [2.24, 2.45) is 0 Å². The quantitative estimate of drug-likeness (QED) is 0.560. The molecule has 2 aromatic rings. The Morgan fingerprint density at radius 3 is 2.20 bits per heavy atom. The monoisotopic (exact) mass is 344 g/mol. The van der Waals surface area contributed by atoms with Crippen molar-refractivity contribution in [3.63, 3.8) is 0 Å². The van der Waals surface area contributed by atoms with Crippen molar-refractivity contribution in [1.82, 2.24) is 0 Å². The molecule has 0 bridgehead atoms. The van der Waals surface area contributed by atoms with Gasteiger partial charge in [0.1, 0.15) is 0 Å². The molecular formula is C16H15Cl3S. The van der Waals surface area contributed by atoms with Crippen LogP contribution < -0.4 is 0 Å². The highest BCUT2D eigenvalue weighted by atomic mass is 35.5. The van der Waals surface area contributed by atoms with Crippen LogP contribution in [0.15, 0.2) is 42.5 Å². The van der Waals surface area contributed by atoms with E-state index >= 15 is 0 Å². The van der Waals surface area contributed by atoms with Crippen molar-refractivity contribution >= 4 is 46.6 Å². The van der Waals surface area contributed by atoms with Gasteiger partial charge in [-0.05, 0) is 41.8 Å². The van der Waals surface area contributed by atoms with Crippen LogP contribution in [0.4, 0.5) is 0 Å². The third-order valence-electron chi connectivity index (χ3n) is 3.04. The van der Waals surface area contributed by atoms with E-state index in [1.807, 2.05) is 42.1 Å². The zero-order chi connectivity index (χ0) is 14.5. The second-order valence-electron chi connectivity index (χ2n) is 4.50.